The van der Waals surface area contributed by atoms with E-state index in [0.717, 1.165) is 56.1 Å². The Labute approximate surface area is 190 Å². The summed E-state index contributed by atoms with van der Waals surface area (Å²) in [5, 5.41) is 4.79. The Morgan fingerprint density at radius 3 is 2.31 bits per heavy atom. The average Bonchev–Trinajstić information content (AvgIpc) is 2.96. The molecular formula is C26H32N4O2. The minimum absolute atomic E-state index is 0.155. The van der Waals surface area contributed by atoms with Crippen LogP contribution in [0.3, 0.4) is 0 Å². The average molecular weight is 433 g/mol. The van der Waals surface area contributed by atoms with Crippen LogP contribution in [0, 0.1) is 13.8 Å². The highest BCUT2D eigenvalue weighted by Gasteiger charge is 2.21. The summed E-state index contributed by atoms with van der Waals surface area (Å²) in [5.41, 5.74) is 5.68. The molecule has 4 rings (SSSR count). The molecule has 0 radical (unpaired) electrons. The van der Waals surface area contributed by atoms with Gasteiger partial charge in [0, 0.05) is 37.4 Å². The topological polar surface area (TPSA) is 50.6 Å². The van der Waals surface area contributed by atoms with Crippen LogP contribution in [0.5, 0.6) is 0 Å². The summed E-state index contributed by atoms with van der Waals surface area (Å²) in [4.78, 5) is 17.0. The number of para-hydroxylation sites is 1. The fourth-order valence-corrected chi connectivity index (χ4v) is 4.25. The quantitative estimate of drug-likeness (QED) is 0.533. The van der Waals surface area contributed by atoms with Crippen LogP contribution < -0.4 is 0 Å². The van der Waals surface area contributed by atoms with Crippen LogP contribution in [-0.2, 0) is 22.7 Å². The van der Waals surface area contributed by atoms with Crippen molar-refractivity contribution in [3.63, 3.8) is 0 Å². The maximum absolute atomic E-state index is 12.3. The molecule has 0 amide bonds. The third kappa shape index (κ3) is 5.64. The Morgan fingerprint density at radius 1 is 0.906 bits per heavy atom. The van der Waals surface area contributed by atoms with E-state index >= 15 is 0 Å². The second kappa shape index (κ2) is 10.6. The SMILES string of the molecule is Cc1nn(-c2ccccc2)c(C)c1CN1CCCN(CC(=O)OCc2ccccc2)CC1. The summed E-state index contributed by atoms with van der Waals surface area (Å²) >= 11 is 0. The van der Waals surface area contributed by atoms with Crippen molar-refractivity contribution in [1.82, 2.24) is 19.6 Å². The first-order valence-electron chi connectivity index (χ1n) is 11.3. The highest BCUT2D eigenvalue weighted by Crippen LogP contribution is 2.20. The number of carbonyl (C=O) groups excluding carboxylic acids is 1. The maximum Gasteiger partial charge on any atom is 0.320 e. The molecule has 0 unspecified atom stereocenters. The van der Waals surface area contributed by atoms with Crippen LogP contribution >= 0.6 is 0 Å². The Kier molecular flexibility index (Phi) is 7.35. The van der Waals surface area contributed by atoms with Gasteiger partial charge in [0.15, 0.2) is 0 Å². The zero-order valence-corrected chi connectivity index (χ0v) is 19.0. The fourth-order valence-electron chi connectivity index (χ4n) is 4.25. The van der Waals surface area contributed by atoms with E-state index < -0.39 is 0 Å². The number of esters is 1. The third-order valence-electron chi connectivity index (χ3n) is 6.10. The largest absolute Gasteiger partial charge is 0.460 e. The minimum Gasteiger partial charge on any atom is -0.460 e. The molecule has 1 fully saturated rings. The fraction of sp³-hybridized carbons (Fsp3) is 0.385. The summed E-state index contributed by atoms with van der Waals surface area (Å²) in [7, 11) is 0. The lowest BCUT2D eigenvalue weighted by Crippen LogP contribution is -2.34. The molecule has 6 heteroatoms. The Balaban J connectivity index is 1.30. The molecule has 0 N–H and O–H groups in total. The van der Waals surface area contributed by atoms with Gasteiger partial charge in [0.2, 0.25) is 0 Å². The Bertz CT molecular complexity index is 1020. The first-order valence-corrected chi connectivity index (χ1v) is 11.3. The van der Waals surface area contributed by atoms with Crippen LogP contribution in [0.15, 0.2) is 60.7 Å². The summed E-state index contributed by atoms with van der Waals surface area (Å²) < 4.78 is 7.50. The van der Waals surface area contributed by atoms with Crippen molar-refractivity contribution < 1.29 is 9.53 Å². The van der Waals surface area contributed by atoms with Crippen molar-refractivity contribution in [1.29, 1.82) is 0 Å². The Morgan fingerprint density at radius 2 is 1.56 bits per heavy atom. The van der Waals surface area contributed by atoms with Gasteiger partial charge in [-0.15, -0.1) is 0 Å². The van der Waals surface area contributed by atoms with Crippen LogP contribution in [-0.4, -0.2) is 58.3 Å². The van der Waals surface area contributed by atoms with Gasteiger partial charge in [0.25, 0.3) is 0 Å². The van der Waals surface area contributed by atoms with E-state index in [2.05, 4.69) is 35.8 Å². The molecule has 1 aromatic heterocycles. The molecule has 2 heterocycles. The molecule has 168 valence electrons. The number of hydrogen-bond donors (Lipinski definition) is 0. The molecule has 32 heavy (non-hydrogen) atoms. The molecule has 0 saturated carbocycles. The van der Waals surface area contributed by atoms with Gasteiger partial charge in [0.05, 0.1) is 17.9 Å². The molecule has 3 aromatic rings. The number of aromatic nitrogens is 2. The number of hydrogen-bond acceptors (Lipinski definition) is 5. The number of aryl methyl sites for hydroxylation is 1. The normalized spacial score (nSPS) is 15.4. The van der Waals surface area contributed by atoms with Crippen LogP contribution in [0.25, 0.3) is 5.69 Å². The number of nitrogens with zero attached hydrogens (tertiary/aromatic N) is 4. The molecule has 1 saturated heterocycles. The first-order chi connectivity index (χ1) is 15.6. The van der Waals surface area contributed by atoms with Crippen LogP contribution in [0.1, 0.15) is 28.9 Å². The van der Waals surface area contributed by atoms with Gasteiger partial charge in [-0.3, -0.25) is 14.6 Å². The van der Waals surface area contributed by atoms with Crippen molar-refractivity contribution in [2.24, 2.45) is 0 Å². The van der Waals surface area contributed by atoms with Gasteiger partial charge in [-0.05, 0) is 44.5 Å². The van der Waals surface area contributed by atoms with Gasteiger partial charge < -0.3 is 4.74 Å². The van der Waals surface area contributed by atoms with Gasteiger partial charge in [-0.25, -0.2) is 4.68 Å². The monoisotopic (exact) mass is 432 g/mol. The van der Waals surface area contributed by atoms with E-state index in [4.69, 9.17) is 9.84 Å². The molecule has 0 bridgehead atoms. The number of carbonyl (C=O) groups is 1. The van der Waals surface area contributed by atoms with Crippen molar-refractivity contribution in [3.05, 3.63) is 83.2 Å². The standard InChI is InChI=1S/C26H32N4O2/c1-21-25(22(2)30(27-21)24-12-7-4-8-13-24)18-28-14-9-15-29(17-16-28)19-26(31)32-20-23-10-5-3-6-11-23/h3-8,10-13H,9,14-20H2,1-2H3. The smallest absolute Gasteiger partial charge is 0.320 e. The summed E-state index contributed by atoms with van der Waals surface area (Å²) in [6.45, 7) is 9.55. The van der Waals surface area contributed by atoms with E-state index in [1.54, 1.807) is 0 Å². The predicted octanol–water partition coefficient (Wildman–Crippen LogP) is 3.74. The van der Waals surface area contributed by atoms with Gasteiger partial charge in [0.1, 0.15) is 6.61 Å². The van der Waals surface area contributed by atoms with Crippen molar-refractivity contribution in [2.45, 2.75) is 33.4 Å². The Hall–Kier alpha value is -2.96. The van der Waals surface area contributed by atoms with Crippen LogP contribution in [0.2, 0.25) is 0 Å². The molecule has 0 spiro atoms. The van der Waals surface area contributed by atoms with Gasteiger partial charge in [-0.1, -0.05) is 48.5 Å². The predicted molar refractivity (Wildman–Crippen MR) is 126 cm³/mol. The van der Waals surface area contributed by atoms with Crippen molar-refractivity contribution >= 4 is 5.97 Å². The van der Waals surface area contributed by atoms with E-state index in [1.807, 2.05) is 53.2 Å². The number of benzene rings is 2. The van der Waals surface area contributed by atoms with E-state index in [1.165, 1.54) is 11.3 Å². The first kappa shape index (κ1) is 22.2. The molecular weight excluding hydrogens is 400 g/mol. The summed E-state index contributed by atoms with van der Waals surface area (Å²) in [6, 6.07) is 20.1. The molecule has 1 aliphatic heterocycles. The van der Waals surface area contributed by atoms with Gasteiger partial charge in [-0.2, -0.15) is 5.10 Å². The van der Waals surface area contributed by atoms with E-state index in [9.17, 15) is 4.79 Å². The lowest BCUT2D eigenvalue weighted by Gasteiger charge is -2.21. The molecule has 2 aromatic carbocycles. The lowest BCUT2D eigenvalue weighted by molar-refractivity contribution is -0.146. The highest BCUT2D eigenvalue weighted by atomic mass is 16.5. The summed E-state index contributed by atoms with van der Waals surface area (Å²) in [6.07, 6.45) is 1.04. The number of ether oxygens (including phenoxy) is 1. The van der Waals surface area contributed by atoms with Gasteiger partial charge >= 0.3 is 5.97 Å². The second-order valence-electron chi connectivity index (χ2n) is 8.45. The molecule has 1 aliphatic rings. The van der Waals surface area contributed by atoms with Crippen molar-refractivity contribution in [3.8, 4) is 5.69 Å². The van der Waals surface area contributed by atoms with Crippen molar-refractivity contribution in [2.75, 3.05) is 32.7 Å². The molecule has 0 atom stereocenters. The van der Waals surface area contributed by atoms with E-state index in [0.29, 0.717) is 13.2 Å². The molecule has 0 aliphatic carbocycles. The van der Waals surface area contributed by atoms with E-state index in [-0.39, 0.29) is 5.97 Å². The zero-order valence-electron chi connectivity index (χ0n) is 19.0. The minimum atomic E-state index is -0.155. The van der Waals surface area contributed by atoms with Crippen LogP contribution in [0.4, 0.5) is 0 Å². The maximum atomic E-state index is 12.3. The third-order valence-corrected chi connectivity index (χ3v) is 6.10. The number of rotatable bonds is 7. The zero-order chi connectivity index (χ0) is 22.3. The molecule has 6 nitrogen and oxygen atoms in total. The summed E-state index contributed by atoms with van der Waals surface area (Å²) in [5.74, 6) is -0.155. The lowest BCUT2D eigenvalue weighted by atomic mass is 10.1. The second-order valence-corrected chi connectivity index (χ2v) is 8.45. The highest BCUT2D eigenvalue weighted by molar-refractivity contribution is 5.71.